The maximum Gasteiger partial charge on any atom is 0.416 e. The summed E-state index contributed by atoms with van der Waals surface area (Å²) in [6, 6.07) is 6.96. The lowest BCUT2D eigenvalue weighted by Crippen LogP contribution is -2.20. The summed E-state index contributed by atoms with van der Waals surface area (Å²) in [4.78, 5) is 22.6. The smallest absolute Gasteiger partial charge is 0.416 e. The number of hydrogen-bond donors (Lipinski definition) is 3. The highest BCUT2D eigenvalue weighted by atomic mass is 35.5. The molecule has 0 fully saturated rings. The van der Waals surface area contributed by atoms with Crippen LogP contribution in [0.4, 0.5) is 29.3 Å². The fourth-order valence-electron chi connectivity index (χ4n) is 1.78. The van der Waals surface area contributed by atoms with Crippen molar-refractivity contribution in [1.82, 2.24) is 0 Å². The molecule has 0 heterocycles. The van der Waals surface area contributed by atoms with Crippen molar-refractivity contribution >= 4 is 35.0 Å². The summed E-state index contributed by atoms with van der Waals surface area (Å²) < 4.78 is 38.0. The van der Waals surface area contributed by atoms with E-state index in [1.54, 1.807) is 0 Å². The Morgan fingerprint density at radius 1 is 1.00 bits per heavy atom. The number of rotatable bonds is 3. The van der Waals surface area contributed by atoms with Crippen molar-refractivity contribution in [3.8, 4) is 0 Å². The average Bonchev–Trinajstić information content (AvgIpc) is 2.48. The van der Waals surface area contributed by atoms with Gasteiger partial charge in [0.1, 0.15) is 0 Å². The fraction of sp³-hybridized carbons (Fsp3) is 0.0667. The van der Waals surface area contributed by atoms with Crippen molar-refractivity contribution in [2.45, 2.75) is 6.18 Å². The highest BCUT2D eigenvalue weighted by molar-refractivity contribution is 6.33. The van der Waals surface area contributed by atoms with Gasteiger partial charge in [0.15, 0.2) is 0 Å². The molecule has 0 saturated heterocycles. The molecule has 2 amide bonds. The number of carbonyl (C=O) groups excluding carboxylic acids is 1. The first-order valence-corrected chi connectivity index (χ1v) is 6.83. The van der Waals surface area contributed by atoms with Gasteiger partial charge in [-0.25, -0.2) is 9.59 Å². The van der Waals surface area contributed by atoms with E-state index < -0.39 is 23.7 Å². The molecule has 0 aliphatic heterocycles. The second-order valence-corrected chi connectivity index (χ2v) is 5.06. The first-order chi connectivity index (χ1) is 11.2. The van der Waals surface area contributed by atoms with Gasteiger partial charge in [-0.1, -0.05) is 11.6 Å². The number of hydrogen-bond acceptors (Lipinski definition) is 2. The minimum atomic E-state index is -4.57. The van der Waals surface area contributed by atoms with Gasteiger partial charge in [0, 0.05) is 5.69 Å². The van der Waals surface area contributed by atoms with Crippen LogP contribution in [0, 0.1) is 0 Å². The Balaban J connectivity index is 2.11. The van der Waals surface area contributed by atoms with Crippen LogP contribution in [-0.2, 0) is 6.18 Å². The van der Waals surface area contributed by atoms with Crippen LogP contribution in [0.3, 0.4) is 0 Å². The molecule has 2 aromatic rings. The van der Waals surface area contributed by atoms with Crippen molar-refractivity contribution in [2.75, 3.05) is 10.6 Å². The van der Waals surface area contributed by atoms with Gasteiger partial charge >= 0.3 is 18.2 Å². The number of carbonyl (C=O) groups is 2. The van der Waals surface area contributed by atoms with E-state index in [2.05, 4.69) is 10.6 Å². The molecule has 0 aliphatic carbocycles. The zero-order valence-corrected chi connectivity index (χ0v) is 12.6. The quantitative estimate of drug-likeness (QED) is 0.744. The Morgan fingerprint density at radius 2 is 1.62 bits per heavy atom. The minimum Gasteiger partial charge on any atom is -0.478 e. The van der Waals surface area contributed by atoms with E-state index in [1.165, 1.54) is 24.3 Å². The standard InChI is InChI=1S/C15H10ClF3N2O3/c16-11-6-3-9(15(17,18)19)7-12(11)21-14(24)20-10-4-1-8(2-5-10)13(22)23/h1-7H,(H,22,23)(H2,20,21,24). The predicted molar refractivity (Wildman–Crippen MR) is 82.5 cm³/mol. The number of amides is 2. The molecule has 2 aromatic carbocycles. The summed E-state index contributed by atoms with van der Waals surface area (Å²) in [5.41, 5.74) is -0.860. The predicted octanol–water partition coefficient (Wildman–Crippen LogP) is 4.70. The summed E-state index contributed by atoms with van der Waals surface area (Å²) >= 11 is 5.77. The van der Waals surface area contributed by atoms with E-state index in [0.717, 1.165) is 18.2 Å². The molecular weight excluding hydrogens is 349 g/mol. The van der Waals surface area contributed by atoms with Crippen LogP contribution in [0.15, 0.2) is 42.5 Å². The van der Waals surface area contributed by atoms with Gasteiger partial charge < -0.3 is 15.7 Å². The van der Waals surface area contributed by atoms with E-state index in [1.807, 2.05) is 0 Å². The highest BCUT2D eigenvalue weighted by Gasteiger charge is 2.31. The van der Waals surface area contributed by atoms with Crippen LogP contribution >= 0.6 is 11.6 Å². The Bertz CT molecular complexity index is 777. The monoisotopic (exact) mass is 358 g/mol. The Labute approximate surface area is 139 Å². The van der Waals surface area contributed by atoms with E-state index >= 15 is 0 Å². The summed E-state index contributed by atoms with van der Waals surface area (Å²) in [5.74, 6) is -1.12. The van der Waals surface area contributed by atoms with Crippen LogP contribution in [0.5, 0.6) is 0 Å². The van der Waals surface area contributed by atoms with Crippen molar-refractivity contribution < 1.29 is 27.9 Å². The lowest BCUT2D eigenvalue weighted by atomic mass is 10.2. The molecule has 5 nitrogen and oxygen atoms in total. The van der Waals surface area contributed by atoms with Crippen LogP contribution in [0.25, 0.3) is 0 Å². The second-order valence-electron chi connectivity index (χ2n) is 4.65. The number of nitrogens with one attached hydrogen (secondary N) is 2. The van der Waals surface area contributed by atoms with Crippen molar-refractivity contribution in [3.05, 3.63) is 58.6 Å². The zero-order valence-electron chi connectivity index (χ0n) is 11.8. The van der Waals surface area contributed by atoms with Gasteiger partial charge in [0.05, 0.1) is 21.8 Å². The Morgan fingerprint density at radius 3 is 2.17 bits per heavy atom. The first kappa shape index (κ1) is 17.6. The molecule has 24 heavy (non-hydrogen) atoms. The van der Waals surface area contributed by atoms with Crippen LogP contribution in [-0.4, -0.2) is 17.1 Å². The fourth-order valence-corrected chi connectivity index (χ4v) is 1.94. The summed E-state index contributed by atoms with van der Waals surface area (Å²) in [6.07, 6.45) is -4.57. The number of aromatic carboxylic acids is 1. The van der Waals surface area contributed by atoms with Crippen LogP contribution in [0.1, 0.15) is 15.9 Å². The number of carboxylic acids is 1. The van der Waals surface area contributed by atoms with Crippen molar-refractivity contribution in [2.24, 2.45) is 0 Å². The SMILES string of the molecule is O=C(Nc1ccc(C(=O)O)cc1)Nc1cc(C(F)(F)F)ccc1Cl. The van der Waals surface area contributed by atoms with E-state index in [9.17, 15) is 22.8 Å². The summed E-state index contributed by atoms with van der Waals surface area (Å²) in [5, 5.41) is 13.3. The first-order valence-electron chi connectivity index (χ1n) is 6.45. The number of halogens is 4. The molecule has 126 valence electrons. The summed E-state index contributed by atoms with van der Waals surface area (Å²) in [7, 11) is 0. The van der Waals surface area contributed by atoms with Gasteiger partial charge in [0.25, 0.3) is 0 Å². The number of urea groups is 1. The molecule has 3 N–H and O–H groups in total. The molecule has 9 heteroatoms. The van der Waals surface area contributed by atoms with Gasteiger partial charge in [-0.05, 0) is 42.5 Å². The van der Waals surface area contributed by atoms with Crippen LogP contribution in [0.2, 0.25) is 5.02 Å². The highest BCUT2D eigenvalue weighted by Crippen LogP contribution is 2.33. The normalized spacial score (nSPS) is 11.0. The van der Waals surface area contributed by atoms with Crippen molar-refractivity contribution in [3.63, 3.8) is 0 Å². The third-order valence-corrected chi connectivity index (χ3v) is 3.26. The number of anilines is 2. The third-order valence-electron chi connectivity index (χ3n) is 2.93. The Kier molecular flexibility index (Phi) is 4.99. The minimum absolute atomic E-state index is 0.0295. The lowest BCUT2D eigenvalue weighted by Gasteiger charge is -2.12. The van der Waals surface area contributed by atoms with Crippen LogP contribution < -0.4 is 10.6 Å². The topological polar surface area (TPSA) is 78.4 Å². The number of carboxylic acid groups (broad SMARTS) is 1. The third kappa shape index (κ3) is 4.39. The molecular formula is C15H10ClF3N2O3. The number of benzene rings is 2. The number of alkyl halides is 3. The molecule has 0 unspecified atom stereocenters. The maximum atomic E-state index is 12.7. The lowest BCUT2D eigenvalue weighted by molar-refractivity contribution is -0.137. The molecule has 0 aromatic heterocycles. The van der Waals surface area contributed by atoms with E-state index in [-0.39, 0.29) is 22.0 Å². The molecule has 2 rings (SSSR count). The summed E-state index contributed by atoms with van der Waals surface area (Å²) in [6.45, 7) is 0. The van der Waals surface area contributed by atoms with Crippen molar-refractivity contribution in [1.29, 1.82) is 0 Å². The molecule has 0 spiro atoms. The van der Waals surface area contributed by atoms with Gasteiger partial charge in [-0.15, -0.1) is 0 Å². The molecule has 0 saturated carbocycles. The van der Waals surface area contributed by atoms with Gasteiger partial charge in [0.2, 0.25) is 0 Å². The zero-order chi connectivity index (χ0) is 17.9. The molecule has 0 aliphatic rings. The Hall–Kier alpha value is -2.74. The van der Waals surface area contributed by atoms with E-state index in [4.69, 9.17) is 16.7 Å². The molecule has 0 radical (unpaired) electrons. The van der Waals surface area contributed by atoms with Gasteiger partial charge in [-0.2, -0.15) is 13.2 Å². The largest absolute Gasteiger partial charge is 0.478 e. The molecule has 0 atom stereocenters. The van der Waals surface area contributed by atoms with Gasteiger partial charge in [-0.3, -0.25) is 0 Å². The molecule has 0 bridgehead atoms. The average molecular weight is 359 g/mol. The maximum absolute atomic E-state index is 12.7. The second kappa shape index (κ2) is 6.79. The van der Waals surface area contributed by atoms with E-state index in [0.29, 0.717) is 0 Å².